The fourth-order valence-corrected chi connectivity index (χ4v) is 3.43. The average Bonchev–Trinajstić information content (AvgIpc) is 2.99. The Labute approximate surface area is 158 Å². The number of aliphatic carboxylic acids is 1. The largest absolute Gasteiger partial charge is 0.491 e. The number of hydrogen-bond donors (Lipinski definition) is 3. The summed E-state index contributed by atoms with van der Waals surface area (Å²) in [5.41, 5.74) is 10.2. The van der Waals surface area contributed by atoms with Gasteiger partial charge in [0.1, 0.15) is 12.4 Å². The molecule has 0 aliphatic carbocycles. The van der Waals surface area contributed by atoms with Gasteiger partial charge in [-0.15, -0.1) is 0 Å². The van der Waals surface area contributed by atoms with E-state index in [0.717, 1.165) is 16.7 Å². The fraction of sp³-hybridized carbons (Fsp3) is 0.333. The minimum absolute atomic E-state index is 0.140. The Balaban J connectivity index is 1.59. The zero-order valence-corrected chi connectivity index (χ0v) is 15.3. The van der Waals surface area contributed by atoms with Gasteiger partial charge in [0.15, 0.2) is 0 Å². The minimum Gasteiger partial charge on any atom is -0.491 e. The predicted octanol–water partition coefficient (Wildman–Crippen LogP) is 2.48. The van der Waals surface area contributed by atoms with Crippen molar-refractivity contribution in [3.8, 4) is 16.9 Å². The van der Waals surface area contributed by atoms with Crippen LogP contribution in [0.1, 0.15) is 24.0 Å². The summed E-state index contributed by atoms with van der Waals surface area (Å²) in [5.74, 6) is -0.927. The van der Waals surface area contributed by atoms with E-state index in [1.807, 2.05) is 30.3 Å². The van der Waals surface area contributed by atoms with Crippen molar-refractivity contribution in [1.29, 1.82) is 0 Å². The first-order chi connectivity index (χ1) is 13.0. The predicted molar refractivity (Wildman–Crippen MR) is 102 cm³/mol. The Morgan fingerprint density at radius 2 is 2.00 bits per heavy atom. The molecule has 1 heterocycles. The molecule has 142 valence electrons. The molecule has 1 fully saturated rings. The van der Waals surface area contributed by atoms with E-state index in [-0.39, 0.29) is 18.4 Å². The molecule has 1 aliphatic rings. The molecule has 0 bridgehead atoms. The maximum absolute atomic E-state index is 11.8. The third kappa shape index (κ3) is 4.65. The van der Waals surface area contributed by atoms with Crippen LogP contribution >= 0.6 is 0 Å². The van der Waals surface area contributed by atoms with E-state index in [1.165, 1.54) is 5.56 Å². The van der Waals surface area contributed by atoms with Gasteiger partial charge in [0.2, 0.25) is 5.91 Å². The van der Waals surface area contributed by atoms with Gasteiger partial charge in [0.05, 0.1) is 18.4 Å². The van der Waals surface area contributed by atoms with Crippen molar-refractivity contribution >= 4 is 11.9 Å². The Morgan fingerprint density at radius 1 is 1.26 bits per heavy atom. The van der Waals surface area contributed by atoms with Crippen LogP contribution in [0.2, 0.25) is 0 Å². The van der Waals surface area contributed by atoms with Crippen LogP contribution in [0.25, 0.3) is 11.1 Å². The first-order valence-electron chi connectivity index (χ1n) is 9.01. The molecular formula is C21H24N2O4. The number of aryl methyl sites for hydroxylation is 1. The molecule has 2 aromatic carbocycles. The highest BCUT2D eigenvalue weighted by atomic mass is 16.5. The summed E-state index contributed by atoms with van der Waals surface area (Å²) in [4.78, 5) is 22.6. The van der Waals surface area contributed by atoms with Gasteiger partial charge in [-0.05, 0) is 47.7 Å². The van der Waals surface area contributed by atoms with Gasteiger partial charge in [0.25, 0.3) is 0 Å². The van der Waals surface area contributed by atoms with Gasteiger partial charge < -0.3 is 20.9 Å². The van der Waals surface area contributed by atoms with Crippen molar-refractivity contribution in [2.45, 2.75) is 32.4 Å². The molecule has 3 rings (SSSR count). The first-order valence-corrected chi connectivity index (χ1v) is 9.01. The molecule has 0 aromatic heterocycles. The molecule has 2 atom stereocenters. The van der Waals surface area contributed by atoms with Crippen LogP contribution in [0.4, 0.5) is 0 Å². The second kappa shape index (κ2) is 8.22. The van der Waals surface area contributed by atoms with Gasteiger partial charge in [-0.2, -0.15) is 0 Å². The van der Waals surface area contributed by atoms with Gasteiger partial charge in [0, 0.05) is 6.54 Å². The molecule has 0 radical (unpaired) electrons. The molecule has 1 saturated heterocycles. The summed E-state index contributed by atoms with van der Waals surface area (Å²) < 4.78 is 5.77. The lowest BCUT2D eigenvalue weighted by Gasteiger charge is -2.13. The SMILES string of the molecule is Cc1cc(CN)ccc1-c1ccc(OC[C@@H]2C[C@@H](CC(=O)O)C(=O)N2)cc1. The highest BCUT2D eigenvalue weighted by molar-refractivity contribution is 5.85. The van der Waals surface area contributed by atoms with Crippen LogP contribution in [0, 0.1) is 12.8 Å². The lowest BCUT2D eigenvalue weighted by Crippen LogP contribution is -2.31. The molecule has 27 heavy (non-hydrogen) atoms. The standard InChI is InChI=1S/C21H24N2O4/c1-13-8-14(11-22)2-7-19(13)15-3-5-18(6-4-15)27-12-17-9-16(10-20(24)25)21(26)23-17/h2-8,16-17H,9-12,22H2,1H3,(H,23,26)(H,24,25)/t16-,17-/m0/s1. The monoisotopic (exact) mass is 368 g/mol. The zero-order valence-electron chi connectivity index (χ0n) is 15.3. The van der Waals surface area contributed by atoms with Crippen LogP contribution in [0.15, 0.2) is 42.5 Å². The molecule has 0 spiro atoms. The summed E-state index contributed by atoms with van der Waals surface area (Å²) in [5, 5.41) is 11.6. The van der Waals surface area contributed by atoms with E-state index in [9.17, 15) is 9.59 Å². The van der Waals surface area contributed by atoms with E-state index in [4.69, 9.17) is 15.6 Å². The molecule has 4 N–H and O–H groups in total. The zero-order chi connectivity index (χ0) is 19.4. The van der Waals surface area contributed by atoms with Crippen LogP contribution in [0.3, 0.4) is 0 Å². The number of nitrogens with one attached hydrogen (secondary N) is 1. The smallest absolute Gasteiger partial charge is 0.304 e. The second-order valence-electron chi connectivity index (χ2n) is 6.92. The average molecular weight is 368 g/mol. The molecule has 6 heteroatoms. The van der Waals surface area contributed by atoms with Crippen molar-refractivity contribution in [3.63, 3.8) is 0 Å². The van der Waals surface area contributed by atoms with Crippen molar-refractivity contribution in [3.05, 3.63) is 53.6 Å². The van der Waals surface area contributed by atoms with E-state index in [2.05, 4.69) is 24.4 Å². The van der Waals surface area contributed by atoms with Crippen LogP contribution < -0.4 is 15.8 Å². The van der Waals surface area contributed by atoms with Gasteiger partial charge in [-0.3, -0.25) is 9.59 Å². The number of rotatable bonds is 7. The topological polar surface area (TPSA) is 102 Å². The van der Waals surface area contributed by atoms with Crippen molar-refractivity contribution < 1.29 is 19.4 Å². The molecule has 0 unspecified atom stereocenters. The molecule has 1 amide bonds. The van der Waals surface area contributed by atoms with Crippen LogP contribution in [-0.2, 0) is 16.1 Å². The van der Waals surface area contributed by atoms with Crippen molar-refractivity contribution in [2.24, 2.45) is 11.7 Å². The third-order valence-electron chi connectivity index (χ3n) is 4.85. The highest BCUT2D eigenvalue weighted by Crippen LogP contribution is 2.27. The maximum atomic E-state index is 11.8. The molecule has 6 nitrogen and oxygen atoms in total. The third-order valence-corrected chi connectivity index (χ3v) is 4.85. The maximum Gasteiger partial charge on any atom is 0.304 e. The second-order valence-corrected chi connectivity index (χ2v) is 6.92. The van der Waals surface area contributed by atoms with Crippen LogP contribution in [0.5, 0.6) is 5.75 Å². The quantitative estimate of drug-likeness (QED) is 0.697. The number of carbonyl (C=O) groups is 2. The number of carboxylic acid groups (broad SMARTS) is 1. The minimum atomic E-state index is -0.956. The number of ether oxygens (including phenoxy) is 1. The molecule has 2 aromatic rings. The first kappa shape index (κ1) is 18.9. The number of carbonyl (C=O) groups excluding carboxylic acids is 1. The lowest BCUT2D eigenvalue weighted by atomic mass is 9.98. The van der Waals surface area contributed by atoms with E-state index in [0.29, 0.717) is 25.3 Å². The Bertz CT molecular complexity index is 833. The number of hydrogen-bond acceptors (Lipinski definition) is 4. The van der Waals surface area contributed by atoms with Crippen molar-refractivity contribution in [1.82, 2.24) is 5.32 Å². The van der Waals surface area contributed by atoms with E-state index < -0.39 is 11.9 Å². The van der Waals surface area contributed by atoms with E-state index in [1.54, 1.807) is 0 Å². The molecule has 0 saturated carbocycles. The van der Waals surface area contributed by atoms with Crippen molar-refractivity contribution in [2.75, 3.05) is 6.61 Å². The van der Waals surface area contributed by atoms with Gasteiger partial charge in [-0.1, -0.05) is 30.3 Å². The van der Waals surface area contributed by atoms with Crippen LogP contribution in [-0.4, -0.2) is 29.6 Å². The fourth-order valence-electron chi connectivity index (χ4n) is 3.43. The number of nitrogens with two attached hydrogens (primary N) is 1. The Morgan fingerprint density at radius 3 is 2.63 bits per heavy atom. The Hall–Kier alpha value is -2.86. The molecule has 1 aliphatic heterocycles. The van der Waals surface area contributed by atoms with Gasteiger partial charge >= 0.3 is 5.97 Å². The summed E-state index contributed by atoms with van der Waals surface area (Å²) in [7, 11) is 0. The molecular weight excluding hydrogens is 344 g/mol. The van der Waals surface area contributed by atoms with Gasteiger partial charge in [-0.25, -0.2) is 0 Å². The highest BCUT2D eigenvalue weighted by Gasteiger charge is 2.33. The number of benzene rings is 2. The Kier molecular flexibility index (Phi) is 5.76. The van der Waals surface area contributed by atoms with E-state index >= 15 is 0 Å². The lowest BCUT2D eigenvalue weighted by molar-refractivity contribution is -0.140. The summed E-state index contributed by atoms with van der Waals surface area (Å²) in [6, 6.07) is 13.8. The number of amides is 1. The summed E-state index contributed by atoms with van der Waals surface area (Å²) >= 11 is 0. The normalized spacial score (nSPS) is 19.0. The number of carboxylic acids is 1. The summed E-state index contributed by atoms with van der Waals surface area (Å²) in [6.07, 6.45) is 0.342. The summed E-state index contributed by atoms with van der Waals surface area (Å²) in [6.45, 7) is 2.92.